The fourth-order valence-electron chi connectivity index (χ4n) is 2.26. The van der Waals surface area contributed by atoms with Crippen LogP contribution in [0.25, 0.3) is 17.1 Å². The molecule has 2 aromatic carbocycles. The highest BCUT2D eigenvalue weighted by Crippen LogP contribution is 2.17. The van der Waals surface area contributed by atoms with Crippen LogP contribution in [0.15, 0.2) is 48.5 Å². The minimum absolute atomic E-state index is 0.631. The molecule has 0 aliphatic carbocycles. The zero-order valence-electron chi connectivity index (χ0n) is 12.1. The number of benzene rings is 2. The number of aryl methyl sites for hydroxylation is 1. The van der Waals surface area contributed by atoms with Crippen LogP contribution in [0, 0.1) is 6.92 Å². The summed E-state index contributed by atoms with van der Waals surface area (Å²) in [5.74, 6) is 0.631. The maximum absolute atomic E-state index is 4.49. The first-order valence-corrected chi connectivity index (χ1v) is 6.88. The molecule has 5 nitrogen and oxygen atoms in total. The number of nitrogens with zero attached hydrogens (tertiary/aromatic N) is 4. The van der Waals surface area contributed by atoms with Gasteiger partial charge >= 0.3 is 0 Å². The molecule has 21 heavy (non-hydrogen) atoms. The summed E-state index contributed by atoms with van der Waals surface area (Å²) >= 11 is 0. The van der Waals surface area contributed by atoms with Crippen LogP contribution in [0.2, 0.25) is 0 Å². The zero-order valence-corrected chi connectivity index (χ0v) is 12.1. The molecule has 5 heteroatoms. The molecule has 0 saturated heterocycles. The average molecular weight is 279 g/mol. The minimum Gasteiger partial charge on any atom is -0.316 e. The fourth-order valence-corrected chi connectivity index (χ4v) is 2.26. The summed E-state index contributed by atoms with van der Waals surface area (Å²) in [5, 5.41) is 16.0. The molecule has 0 amide bonds. The molecule has 1 aromatic heterocycles. The molecule has 0 saturated carbocycles. The molecule has 0 aliphatic heterocycles. The summed E-state index contributed by atoms with van der Waals surface area (Å²) in [6.07, 6.45) is 0. The highest BCUT2D eigenvalue weighted by molar-refractivity contribution is 5.53. The van der Waals surface area contributed by atoms with E-state index in [1.807, 2.05) is 43.4 Å². The summed E-state index contributed by atoms with van der Waals surface area (Å²) in [7, 11) is 1.93. The second-order valence-corrected chi connectivity index (χ2v) is 4.93. The number of hydrogen-bond acceptors (Lipinski definition) is 4. The molecule has 1 heterocycles. The van der Waals surface area contributed by atoms with Crippen molar-refractivity contribution in [3.8, 4) is 17.1 Å². The lowest BCUT2D eigenvalue weighted by molar-refractivity contribution is 0.701. The van der Waals surface area contributed by atoms with E-state index in [0.29, 0.717) is 5.82 Å². The van der Waals surface area contributed by atoms with Gasteiger partial charge in [-0.05, 0) is 30.8 Å². The Morgan fingerprint density at radius 3 is 2.67 bits per heavy atom. The molecule has 0 radical (unpaired) electrons. The number of rotatable bonds is 4. The van der Waals surface area contributed by atoms with Gasteiger partial charge in [0, 0.05) is 12.1 Å². The van der Waals surface area contributed by atoms with Crippen LogP contribution in [0.4, 0.5) is 0 Å². The van der Waals surface area contributed by atoms with Crippen molar-refractivity contribution in [1.29, 1.82) is 0 Å². The first-order chi connectivity index (χ1) is 10.3. The van der Waals surface area contributed by atoms with Crippen molar-refractivity contribution in [2.45, 2.75) is 13.5 Å². The van der Waals surface area contributed by atoms with Crippen molar-refractivity contribution in [3.63, 3.8) is 0 Å². The van der Waals surface area contributed by atoms with Crippen LogP contribution >= 0.6 is 0 Å². The highest BCUT2D eigenvalue weighted by Gasteiger charge is 2.10. The first-order valence-electron chi connectivity index (χ1n) is 6.88. The second kappa shape index (κ2) is 5.85. The number of hydrogen-bond donors (Lipinski definition) is 1. The molecule has 0 aliphatic rings. The third-order valence-corrected chi connectivity index (χ3v) is 3.26. The van der Waals surface area contributed by atoms with Crippen molar-refractivity contribution in [2.24, 2.45) is 0 Å². The summed E-state index contributed by atoms with van der Waals surface area (Å²) in [5.41, 5.74) is 4.28. The fraction of sp³-hybridized carbons (Fsp3) is 0.188. The van der Waals surface area contributed by atoms with E-state index < -0.39 is 0 Å². The van der Waals surface area contributed by atoms with E-state index in [1.54, 1.807) is 4.80 Å². The Morgan fingerprint density at radius 1 is 1.10 bits per heavy atom. The molecule has 0 fully saturated rings. The van der Waals surface area contributed by atoms with Crippen LogP contribution < -0.4 is 5.32 Å². The van der Waals surface area contributed by atoms with Gasteiger partial charge in [-0.1, -0.05) is 48.0 Å². The van der Waals surface area contributed by atoms with E-state index in [2.05, 4.69) is 39.8 Å². The van der Waals surface area contributed by atoms with Gasteiger partial charge in [-0.2, -0.15) is 0 Å². The molecule has 0 bridgehead atoms. The predicted octanol–water partition coefficient (Wildman–Crippen LogP) is 2.36. The minimum atomic E-state index is 0.631. The summed E-state index contributed by atoms with van der Waals surface area (Å²) in [6, 6.07) is 16.1. The molecular weight excluding hydrogens is 262 g/mol. The van der Waals surface area contributed by atoms with Crippen LogP contribution in [-0.4, -0.2) is 27.3 Å². The van der Waals surface area contributed by atoms with E-state index in [1.165, 1.54) is 5.56 Å². The van der Waals surface area contributed by atoms with E-state index in [9.17, 15) is 0 Å². The third-order valence-electron chi connectivity index (χ3n) is 3.26. The smallest absolute Gasteiger partial charge is 0.205 e. The molecule has 106 valence electrons. The maximum atomic E-state index is 4.49. The molecule has 1 N–H and O–H groups in total. The lowest BCUT2D eigenvalue weighted by atomic mass is 10.1. The molecule has 0 atom stereocenters. The van der Waals surface area contributed by atoms with Crippen LogP contribution in [-0.2, 0) is 6.54 Å². The van der Waals surface area contributed by atoms with Gasteiger partial charge in [0.1, 0.15) is 0 Å². The van der Waals surface area contributed by atoms with Crippen molar-refractivity contribution in [2.75, 3.05) is 7.05 Å². The number of aromatic nitrogens is 4. The Kier molecular flexibility index (Phi) is 3.75. The van der Waals surface area contributed by atoms with Gasteiger partial charge in [-0.3, -0.25) is 0 Å². The normalized spacial score (nSPS) is 10.8. The molecule has 0 spiro atoms. The van der Waals surface area contributed by atoms with Gasteiger partial charge in [0.15, 0.2) is 0 Å². The van der Waals surface area contributed by atoms with Gasteiger partial charge in [-0.15, -0.1) is 15.0 Å². The summed E-state index contributed by atoms with van der Waals surface area (Å²) in [4.78, 5) is 1.59. The SMILES string of the molecule is CNCc1cc(C)ccc1-n1nnc(-c2ccccc2)n1. The Bertz CT molecular complexity index is 733. The Balaban J connectivity index is 2.00. The third kappa shape index (κ3) is 2.83. The van der Waals surface area contributed by atoms with Crippen molar-refractivity contribution >= 4 is 0 Å². The largest absolute Gasteiger partial charge is 0.316 e. The van der Waals surface area contributed by atoms with Gasteiger partial charge < -0.3 is 5.32 Å². The Labute approximate surface area is 123 Å². The zero-order chi connectivity index (χ0) is 14.7. The molecule has 3 aromatic rings. The Hall–Kier alpha value is -2.53. The summed E-state index contributed by atoms with van der Waals surface area (Å²) < 4.78 is 0. The van der Waals surface area contributed by atoms with E-state index in [4.69, 9.17) is 0 Å². The van der Waals surface area contributed by atoms with Gasteiger partial charge in [-0.25, -0.2) is 0 Å². The summed E-state index contributed by atoms with van der Waals surface area (Å²) in [6.45, 7) is 2.84. The predicted molar refractivity (Wildman–Crippen MR) is 82.1 cm³/mol. The van der Waals surface area contributed by atoms with E-state index in [-0.39, 0.29) is 0 Å². The van der Waals surface area contributed by atoms with Crippen LogP contribution in [0.5, 0.6) is 0 Å². The lowest BCUT2D eigenvalue weighted by Crippen LogP contribution is -2.11. The second-order valence-electron chi connectivity index (χ2n) is 4.93. The quantitative estimate of drug-likeness (QED) is 0.796. The Morgan fingerprint density at radius 2 is 1.90 bits per heavy atom. The van der Waals surface area contributed by atoms with Crippen molar-refractivity contribution in [1.82, 2.24) is 25.5 Å². The number of nitrogens with one attached hydrogen (secondary N) is 1. The van der Waals surface area contributed by atoms with Crippen LogP contribution in [0.1, 0.15) is 11.1 Å². The first kappa shape index (κ1) is 13.5. The van der Waals surface area contributed by atoms with Crippen molar-refractivity contribution < 1.29 is 0 Å². The maximum Gasteiger partial charge on any atom is 0.205 e. The van der Waals surface area contributed by atoms with Crippen LogP contribution in [0.3, 0.4) is 0 Å². The lowest BCUT2D eigenvalue weighted by Gasteiger charge is -2.08. The molecule has 0 unspecified atom stereocenters. The van der Waals surface area contributed by atoms with Crippen molar-refractivity contribution in [3.05, 3.63) is 59.7 Å². The van der Waals surface area contributed by atoms with E-state index in [0.717, 1.165) is 23.4 Å². The highest BCUT2D eigenvalue weighted by atomic mass is 15.6. The van der Waals surface area contributed by atoms with Gasteiger partial charge in [0.05, 0.1) is 5.69 Å². The van der Waals surface area contributed by atoms with E-state index >= 15 is 0 Å². The standard InChI is InChI=1S/C16H17N5/c1-12-8-9-15(14(10-12)11-17-2)21-19-16(18-20-21)13-6-4-3-5-7-13/h3-10,17H,11H2,1-2H3. The number of tetrazole rings is 1. The monoisotopic (exact) mass is 279 g/mol. The van der Waals surface area contributed by atoms with Gasteiger partial charge in [0.2, 0.25) is 5.82 Å². The molecular formula is C16H17N5. The van der Waals surface area contributed by atoms with Gasteiger partial charge in [0.25, 0.3) is 0 Å². The average Bonchev–Trinajstić information content (AvgIpc) is 2.98. The molecule has 3 rings (SSSR count). The topological polar surface area (TPSA) is 55.6 Å².